The molecule has 1 aliphatic heterocycles. The van der Waals surface area contributed by atoms with Gasteiger partial charge in [-0.05, 0) is 37.9 Å². The Hall–Kier alpha value is -0.0500. The molecule has 1 N–H and O–H groups in total. The number of carboxylic acid groups (broad SMARTS) is 1. The zero-order valence-electron chi connectivity index (χ0n) is 8.35. The van der Waals surface area contributed by atoms with Gasteiger partial charge in [-0.25, -0.2) is 4.79 Å². The zero-order chi connectivity index (χ0) is 12.6. The molecule has 1 amide bonds. The first-order chi connectivity index (χ1) is 8.00. The second-order valence-corrected chi connectivity index (χ2v) is 7.59. The molecular formula is C9H7Br2NO3S2. The van der Waals surface area contributed by atoms with Crippen molar-refractivity contribution >= 4 is 66.8 Å². The third kappa shape index (κ3) is 2.69. The van der Waals surface area contributed by atoms with E-state index in [0.717, 1.165) is 8.26 Å². The van der Waals surface area contributed by atoms with E-state index in [0.29, 0.717) is 16.5 Å². The van der Waals surface area contributed by atoms with Crippen LogP contribution < -0.4 is 0 Å². The third-order valence-corrected chi connectivity index (χ3v) is 6.54. The molecule has 0 aromatic carbocycles. The van der Waals surface area contributed by atoms with Gasteiger partial charge in [0, 0.05) is 10.2 Å². The van der Waals surface area contributed by atoms with Crippen LogP contribution in [0.3, 0.4) is 0 Å². The number of nitrogens with zero attached hydrogens (tertiary/aromatic N) is 1. The summed E-state index contributed by atoms with van der Waals surface area (Å²) in [5.41, 5.74) is 0. The highest BCUT2D eigenvalue weighted by atomic mass is 79.9. The topological polar surface area (TPSA) is 57.6 Å². The molecule has 4 nitrogen and oxygen atoms in total. The van der Waals surface area contributed by atoms with Crippen LogP contribution >= 0.6 is 55.0 Å². The van der Waals surface area contributed by atoms with Gasteiger partial charge in [-0.1, -0.05) is 0 Å². The first kappa shape index (κ1) is 13.4. The van der Waals surface area contributed by atoms with Gasteiger partial charge in [-0.3, -0.25) is 4.79 Å². The smallest absolute Gasteiger partial charge is 0.327 e. The van der Waals surface area contributed by atoms with E-state index in [1.165, 1.54) is 28.0 Å². The predicted octanol–water partition coefficient (Wildman–Crippen LogP) is 2.87. The molecular weight excluding hydrogens is 394 g/mol. The summed E-state index contributed by atoms with van der Waals surface area (Å²) in [6.07, 6.45) is 0. The SMILES string of the molecule is O=C(O)[C@@H]1CSCN1C(=O)c1cc(Br)c(Br)s1. The fourth-order valence-electron chi connectivity index (χ4n) is 1.44. The Morgan fingerprint density at radius 2 is 2.18 bits per heavy atom. The zero-order valence-corrected chi connectivity index (χ0v) is 13.2. The fourth-order valence-corrected chi connectivity index (χ4v) is 4.58. The highest BCUT2D eigenvalue weighted by Gasteiger charge is 2.35. The van der Waals surface area contributed by atoms with Crippen LogP contribution in [-0.4, -0.2) is 39.6 Å². The molecule has 0 bridgehead atoms. The highest BCUT2D eigenvalue weighted by molar-refractivity contribution is 9.13. The quantitative estimate of drug-likeness (QED) is 0.829. The molecule has 1 fully saturated rings. The van der Waals surface area contributed by atoms with E-state index in [2.05, 4.69) is 31.9 Å². The Bertz CT molecular complexity index is 457. The number of halogens is 2. The van der Waals surface area contributed by atoms with Crippen LogP contribution in [0.4, 0.5) is 0 Å². The lowest BCUT2D eigenvalue weighted by atomic mass is 10.3. The van der Waals surface area contributed by atoms with Gasteiger partial charge in [0.2, 0.25) is 0 Å². The molecule has 92 valence electrons. The Balaban J connectivity index is 2.22. The number of thiophene rings is 1. The molecule has 1 saturated heterocycles. The average Bonchev–Trinajstić information content (AvgIpc) is 2.85. The van der Waals surface area contributed by atoms with Gasteiger partial charge < -0.3 is 10.0 Å². The van der Waals surface area contributed by atoms with Gasteiger partial charge in [-0.15, -0.1) is 23.1 Å². The Labute approximate surface area is 123 Å². The Morgan fingerprint density at radius 1 is 1.47 bits per heavy atom. The van der Waals surface area contributed by atoms with E-state index in [9.17, 15) is 9.59 Å². The molecule has 8 heteroatoms. The van der Waals surface area contributed by atoms with Gasteiger partial charge in [-0.2, -0.15) is 0 Å². The summed E-state index contributed by atoms with van der Waals surface area (Å²) in [5, 5.41) is 9.02. The standard InChI is InChI=1S/C9H7Br2NO3S2/c10-4-1-6(17-7(4)11)8(13)12-3-16-2-5(12)9(14)15/h1,5H,2-3H2,(H,14,15)/t5-/m0/s1. The van der Waals surface area contributed by atoms with Crippen LogP contribution in [0.25, 0.3) is 0 Å². The van der Waals surface area contributed by atoms with Crippen molar-refractivity contribution in [3.05, 3.63) is 19.2 Å². The first-order valence-corrected chi connectivity index (χ1v) is 8.12. The molecule has 0 spiro atoms. The van der Waals surface area contributed by atoms with Crippen LogP contribution in [0.1, 0.15) is 9.67 Å². The molecule has 0 saturated carbocycles. The summed E-state index contributed by atoms with van der Waals surface area (Å²) in [7, 11) is 0. The van der Waals surface area contributed by atoms with Crippen LogP contribution in [0.15, 0.2) is 14.3 Å². The van der Waals surface area contributed by atoms with Crippen molar-refractivity contribution in [2.75, 3.05) is 11.6 Å². The van der Waals surface area contributed by atoms with E-state index >= 15 is 0 Å². The molecule has 1 atom stereocenters. The van der Waals surface area contributed by atoms with Crippen molar-refractivity contribution < 1.29 is 14.7 Å². The molecule has 0 radical (unpaired) electrons. The molecule has 1 aromatic rings. The minimum atomic E-state index is -0.946. The lowest BCUT2D eigenvalue weighted by molar-refractivity contribution is -0.140. The van der Waals surface area contributed by atoms with E-state index in [1.807, 2.05) is 0 Å². The number of rotatable bonds is 2. The lowest BCUT2D eigenvalue weighted by Crippen LogP contribution is -2.41. The van der Waals surface area contributed by atoms with Gasteiger partial charge in [0.15, 0.2) is 0 Å². The van der Waals surface area contributed by atoms with Gasteiger partial charge in [0.05, 0.1) is 14.5 Å². The minimum absolute atomic E-state index is 0.223. The second kappa shape index (κ2) is 5.29. The summed E-state index contributed by atoms with van der Waals surface area (Å²) in [6.45, 7) is 0. The largest absolute Gasteiger partial charge is 0.480 e. The van der Waals surface area contributed by atoms with Crippen molar-refractivity contribution in [3.8, 4) is 0 Å². The minimum Gasteiger partial charge on any atom is -0.480 e. The van der Waals surface area contributed by atoms with Crippen LogP contribution in [-0.2, 0) is 4.79 Å². The van der Waals surface area contributed by atoms with Crippen LogP contribution in [0, 0.1) is 0 Å². The summed E-state index contributed by atoms with van der Waals surface area (Å²) >= 11 is 9.38. The number of hydrogen-bond donors (Lipinski definition) is 1. The summed E-state index contributed by atoms with van der Waals surface area (Å²) < 4.78 is 1.64. The van der Waals surface area contributed by atoms with Crippen LogP contribution in [0.5, 0.6) is 0 Å². The molecule has 0 unspecified atom stereocenters. The maximum atomic E-state index is 12.1. The molecule has 2 heterocycles. The number of thioether (sulfide) groups is 1. The summed E-state index contributed by atoms with van der Waals surface area (Å²) in [4.78, 5) is 25.1. The third-order valence-electron chi connectivity index (χ3n) is 2.28. The molecule has 17 heavy (non-hydrogen) atoms. The Kier molecular flexibility index (Phi) is 4.17. The molecule has 1 aliphatic rings. The molecule has 0 aliphatic carbocycles. The van der Waals surface area contributed by atoms with Crippen molar-refractivity contribution in [1.29, 1.82) is 0 Å². The maximum Gasteiger partial charge on any atom is 0.327 e. The summed E-state index contributed by atoms with van der Waals surface area (Å²) in [5.74, 6) is -0.283. The average molecular weight is 401 g/mol. The number of aliphatic carboxylic acids is 1. The normalized spacial score (nSPS) is 19.6. The summed E-state index contributed by atoms with van der Waals surface area (Å²) in [6, 6.07) is 0.992. The molecule has 1 aromatic heterocycles. The number of carbonyl (C=O) groups excluding carboxylic acids is 1. The first-order valence-electron chi connectivity index (χ1n) is 4.57. The predicted molar refractivity (Wildman–Crippen MR) is 74.6 cm³/mol. The van der Waals surface area contributed by atoms with Gasteiger partial charge in [0.25, 0.3) is 5.91 Å². The highest BCUT2D eigenvalue weighted by Crippen LogP contribution is 2.34. The monoisotopic (exact) mass is 399 g/mol. The maximum absolute atomic E-state index is 12.1. The number of amides is 1. The Morgan fingerprint density at radius 3 is 2.71 bits per heavy atom. The number of carboxylic acids is 1. The van der Waals surface area contributed by atoms with E-state index in [-0.39, 0.29) is 5.91 Å². The van der Waals surface area contributed by atoms with E-state index in [4.69, 9.17) is 5.11 Å². The van der Waals surface area contributed by atoms with Crippen molar-refractivity contribution in [2.45, 2.75) is 6.04 Å². The van der Waals surface area contributed by atoms with Gasteiger partial charge >= 0.3 is 5.97 Å². The van der Waals surface area contributed by atoms with Crippen molar-refractivity contribution in [1.82, 2.24) is 4.90 Å². The number of hydrogen-bond acceptors (Lipinski definition) is 4. The molecule has 2 rings (SSSR count). The van der Waals surface area contributed by atoms with E-state index < -0.39 is 12.0 Å². The lowest BCUT2D eigenvalue weighted by Gasteiger charge is -2.19. The van der Waals surface area contributed by atoms with Crippen molar-refractivity contribution in [2.24, 2.45) is 0 Å². The fraction of sp³-hybridized carbons (Fsp3) is 0.333. The van der Waals surface area contributed by atoms with Crippen molar-refractivity contribution in [3.63, 3.8) is 0 Å². The van der Waals surface area contributed by atoms with E-state index in [1.54, 1.807) is 6.07 Å². The number of carbonyl (C=O) groups is 2. The van der Waals surface area contributed by atoms with Crippen LogP contribution in [0.2, 0.25) is 0 Å². The van der Waals surface area contributed by atoms with Gasteiger partial charge in [0.1, 0.15) is 6.04 Å². The second-order valence-electron chi connectivity index (χ2n) is 3.36.